The monoisotopic (exact) mass is 235 g/mol. The molecule has 0 amide bonds. The highest BCUT2D eigenvalue weighted by Crippen LogP contribution is 2.36. The minimum Gasteiger partial charge on any atom is -0.497 e. The molecule has 1 N–H and O–H groups in total. The fourth-order valence-corrected chi connectivity index (χ4v) is 2.73. The number of hydrogen-bond donors (Lipinski definition) is 1. The van der Waals surface area contributed by atoms with Gasteiger partial charge in [0.25, 0.3) is 0 Å². The van der Waals surface area contributed by atoms with Crippen molar-refractivity contribution in [3.63, 3.8) is 0 Å². The van der Waals surface area contributed by atoms with E-state index in [2.05, 4.69) is 24.8 Å². The Morgan fingerprint density at radius 3 is 2.65 bits per heavy atom. The number of aliphatic hydroxyl groups excluding tert-OH is 1. The van der Waals surface area contributed by atoms with Gasteiger partial charge in [0.2, 0.25) is 0 Å². The van der Waals surface area contributed by atoms with Crippen LogP contribution in [0.5, 0.6) is 5.75 Å². The second kappa shape index (κ2) is 5.07. The van der Waals surface area contributed by atoms with E-state index in [1.807, 2.05) is 12.1 Å². The van der Waals surface area contributed by atoms with Crippen molar-refractivity contribution in [3.8, 4) is 5.75 Å². The first-order chi connectivity index (χ1) is 8.21. The van der Waals surface area contributed by atoms with Crippen molar-refractivity contribution in [2.45, 2.75) is 32.4 Å². The molecule has 2 rings (SSSR count). The molecule has 1 aliphatic carbocycles. The van der Waals surface area contributed by atoms with Crippen LogP contribution in [0.2, 0.25) is 0 Å². The third-order valence-electron chi connectivity index (χ3n) is 3.75. The maximum Gasteiger partial charge on any atom is 0.119 e. The molecular formula is C14H21NO2. The molecule has 94 valence electrons. The first-order valence-corrected chi connectivity index (χ1v) is 6.30. The fourth-order valence-electron chi connectivity index (χ4n) is 2.73. The number of methoxy groups -OCH3 is 1. The Bertz CT molecular complexity index is 388. The Kier molecular flexibility index (Phi) is 3.69. The molecule has 17 heavy (non-hydrogen) atoms. The molecule has 1 aromatic rings. The molecule has 0 bridgehead atoms. The smallest absolute Gasteiger partial charge is 0.119 e. The van der Waals surface area contributed by atoms with E-state index < -0.39 is 0 Å². The van der Waals surface area contributed by atoms with Gasteiger partial charge >= 0.3 is 0 Å². The van der Waals surface area contributed by atoms with Gasteiger partial charge in [-0.25, -0.2) is 0 Å². The Morgan fingerprint density at radius 2 is 2.06 bits per heavy atom. The van der Waals surface area contributed by atoms with Crippen molar-refractivity contribution in [2.24, 2.45) is 0 Å². The van der Waals surface area contributed by atoms with Gasteiger partial charge in [0, 0.05) is 6.04 Å². The molecule has 1 aromatic carbocycles. The summed E-state index contributed by atoms with van der Waals surface area (Å²) in [5.41, 5.74) is 2.27. The van der Waals surface area contributed by atoms with E-state index in [0.29, 0.717) is 0 Å². The lowest BCUT2D eigenvalue weighted by atomic mass is 10.1. The van der Waals surface area contributed by atoms with Gasteiger partial charge in [-0.05, 0) is 42.8 Å². The van der Waals surface area contributed by atoms with Crippen LogP contribution in [0.1, 0.15) is 31.1 Å². The number of nitrogens with zero attached hydrogens (tertiary/aromatic N) is 1. The molecule has 0 heterocycles. The van der Waals surface area contributed by atoms with Crippen LogP contribution in [-0.4, -0.2) is 36.2 Å². The topological polar surface area (TPSA) is 32.7 Å². The number of rotatable bonds is 4. The number of fused-ring (bicyclic) bond motifs is 1. The largest absolute Gasteiger partial charge is 0.497 e. The summed E-state index contributed by atoms with van der Waals surface area (Å²) < 4.78 is 5.21. The van der Waals surface area contributed by atoms with Crippen LogP contribution in [-0.2, 0) is 6.42 Å². The third kappa shape index (κ3) is 2.17. The summed E-state index contributed by atoms with van der Waals surface area (Å²) in [5.74, 6) is 0.822. The summed E-state index contributed by atoms with van der Waals surface area (Å²) in [7, 11) is 1.66. The zero-order valence-electron chi connectivity index (χ0n) is 10.8. The van der Waals surface area contributed by atoms with Crippen molar-refractivity contribution in [2.75, 3.05) is 20.2 Å². The van der Waals surface area contributed by atoms with Gasteiger partial charge in [0.1, 0.15) is 5.75 Å². The van der Waals surface area contributed by atoms with Crippen molar-refractivity contribution >= 4 is 0 Å². The van der Waals surface area contributed by atoms with Gasteiger partial charge in [0.15, 0.2) is 0 Å². The zero-order chi connectivity index (χ0) is 12.4. The molecule has 1 aliphatic rings. The second-order valence-corrected chi connectivity index (χ2v) is 4.50. The van der Waals surface area contributed by atoms with E-state index in [-0.39, 0.29) is 12.1 Å². The maximum absolute atomic E-state index is 10.4. The average molecular weight is 235 g/mol. The molecule has 0 saturated heterocycles. The van der Waals surface area contributed by atoms with Gasteiger partial charge < -0.3 is 9.84 Å². The first kappa shape index (κ1) is 12.4. The van der Waals surface area contributed by atoms with Gasteiger partial charge in [-0.15, -0.1) is 0 Å². The lowest BCUT2D eigenvalue weighted by molar-refractivity contribution is 0.0668. The lowest BCUT2D eigenvalue weighted by Crippen LogP contribution is -2.37. The number of aliphatic hydroxyl groups is 1. The molecule has 0 aliphatic heterocycles. The number of hydrogen-bond acceptors (Lipinski definition) is 3. The molecule has 0 radical (unpaired) electrons. The van der Waals surface area contributed by atoms with Gasteiger partial charge in [-0.2, -0.15) is 0 Å². The van der Waals surface area contributed by atoms with Crippen LogP contribution < -0.4 is 4.74 Å². The molecular weight excluding hydrogens is 214 g/mol. The predicted molar refractivity (Wildman–Crippen MR) is 68.4 cm³/mol. The molecule has 0 fully saturated rings. The van der Waals surface area contributed by atoms with Crippen molar-refractivity contribution in [1.82, 2.24) is 4.90 Å². The normalized spacial score (nSPS) is 22.9. The van der Waals surface area contributed by atoms with E-state index in [4.69, 9.17) is 4.74 Å². The van der Waals surface area contributed by atoms with E-state index in [1.54, 1.807) is 7.11 Å². The standard InChI is InChI=1S/C14H21NO2/c1-4-15(5-2)13-8-10-6-7-11(17-3)9-12(10)14(13)16/h6-7,9,13-14,16H,4-5,8H2,1-3H3. The molecule has 2 unspecified atom stereocenters. The lowest BCUT2D eigenvalue weighted by Gasteiger charge is -2.28. The minimum absolute atomic E-state index is 0.215. The zero-order valence-corrected chi connectivity index (χ0v) is 10.8. The van der Waals surface area contributed by atoms with Gasteiger partial charge in [0.05, 0.1) is 13.2 Å². The number of likely N-dealkylation sites (N-methyl/N-ethyl adjacent to an activating group) is 1. The van der Waals surface area contributed by atoms with Crippen LogP contribution in [0, 0.1) is 0 Å². The summed E-state index contributed by atoms with van der Waals surface area (Å²) in [6, 6.07) is 6.22. The highest BCUT2D eigenvalue weighted by molar-refractivity contribution is 5.41. The number of benzene rings is 1. The van der Waals surface area contributed by atoms with Crippen molar-refractivity contribution < 1.29 is 9.84 Å². The fraction of sp³-hybridized carbons (Fsp3) is 0.571. The van der Waals surface area contributed by atoms with Crippen molar-refractivity contribution in [3.05, 3.63) is 29.3 Å². The quantitative estimate of drug-likeness (QED) is 0.866. The summed E-state index contributed by atoms with van der Waals surface area (Å²) in [6.45, 7) is 6.23. The maximum atomic E-state index is 10.4. The average Bonchev–Trinajstić information content (AvgIpc) is 2.68. The van der Waals surface area contributed by atoms with Gasteiger partial charge in [-0.3, -0.25) is 4.90 Å². The summed E-state index contributed by atoms with van der Waals surface area (Å²) in [5, 5.41) is 10.4. The Labute approximate surface area is 103 Å². The predicted octanol–water partition coefficient (Wildman–Crippen LogP) is 2.00. The molecule has 3 nitrogen and oxygen atoms in total. The Balaban J connectivity index is 2.25. The van der Waals surface area contributed by atoms with E-state index >= 15 is 0 Å². The highest BCUT2D eigenvalue weighted by atomic mass is 16.5. The van der Waals surface area contributed by atoms with E-state index in [1.165, 1.54) is 5.56 Å². The summed E-state index contributed by atoms with van der Waals surface area (Å²) in [6.07, 6.45) is 0.544. The second-order valence-electron chi connectivity index (χ2n) is 4.50. The molecule has 3 heteroatoms. The van der Waals surface area contributed by atoms with Gasteiger partial charge in [-0.1, -0.05) is 19.9 Å². The van der Waals surface area contributed by atoms with E-state index in [9.17, 15) is 5.11 Å². The molecule has 0 saturated carbocycles. The molecule has 0 spiro atoms. The summed E-state index contributed by atoms with van der Waals surface area (Å²) >= 11 is 0. The molecule has 0 aromatic heterocycles. The van der Waals surface area contributed by atoms with Crippen molar-refractivity contribution in [1.29, 1.82) is 0 Å². The first-order valence-electron chi connectivity index (χ1n) is 6.30. The Morgan fingerprint density at radius 1 is 1.35 bits per heavy atom. The van der Waals surface area contributed by atoms with Crippen LogP contribution in [0.3, 0.4) is 0 Å². The van der Waals surface area contributed by atoms with Crippen LogP contribution in [0.25, 0.3) is 0 Å². The van der Waals surface area contributed by atoms with Crippen LogP contribution >= 0.6 is 0 Å². The SMILES string of the molecule is CCN(CC)C1Cc2ccc(OC)cc2C1O. The minimum atomic E-state index is -0.389. The molecule has 2 atom stereocenters. The Hall–Kier alpha value is -1.06. The highest BCUT2D eigenvalue weighted by Gasteiger charge is 2.34. The van der Waals surface area contributed by atoms with E-state index in [0.717, 1.165) is 30.8 Å². The third-order valence-corrected chi connectivity index (χ3v) is 3.75. The van der Waals surface area contributed by atoms with Crippen LogP contribution in [0.4, 0.5) is 0 Å². The number of ether oxygens (including phenoxy) is 1. The van der Waals surface area contributed by atoms with Crippen LogP contribution in [0.15, 0.2) is 18.2 Å². The summed E-state index contributed by atoms with van der Waals surface area (Å²) in [4.78, 5) is 2.32.